The molecule has 8 nitrogen and oxygen atoms in total. The molecule has 0 spiro atoms. The monoisotopic (exact) mass is 365 g/mol. The van der Waals surface area contributed by atoms with Crippen molar-refractivity contribution in [1.82, 2.24) is 5.32 Å². The van der Waals surface area contributed by atoms with E-state index < -0.39 is 36.2 Å². The Bertz CT molecular complexity index is 999. The molecule has 1 unspecified atom stereocenters. The molecule has 0 fully saturated rings. The van der Waals surface area contributed by atoms with E-state index in [1.807, 2.05) is 0 Å². The molecular weight excluding hydrogens is 340 g/mol. The van der Waals surface area contributed by atoms with Crippen LogP contribution in [0.4, 0.5) is 5.69 Å². The van der Waals surface area contributed by atoms with Gasteiger partial charge in [-0.1, -0.05) is 12.1 Å². The van der Waals surface area contributed by atoms with Crippen molar-refractivity contribution in [2.24, 2.45) is 0 Å². The molecule has 1 aromatic rings. The van der Waals surface area contributed by atoms with Crippen molar-refractivity contribution in [2.45, 2.75) is 26.6 Å². The number of dihydropyridines is 1. The first-order valence-electron chi connectivity index (χ1n) is 9.96. The third-order valence-electron chi connectivity index (χ3n) is 3.94. The lowest BCUT2D eigenvalue weighted by atomic mass is 9.80. The summed E-state index contributed by atoms with van der Waals surface area (Å²) in [4.78, 5) is 36.0. The molecule has 138 valence electrons. The summed E-state index contributed by atoms with van der Waals surface area (Å²) in [5.41, 5.74) is -0.0175. The summed E-state index contributed by atoms with van der Waals surface area (Å²) in [6.07, 6.45) is 0. The third-order valence-corrected chi connectivity index (χ3v) is 3.94. The highest BCUT2D eigenvalue weighted by molar-refractivity contribution is 5.99. The molecule has 0 saturated carbocycles. The molecule has 1 aliphatic heterocycles. The first-order valence-corrected chi connectivity index (χ1v) is 7.46. The van der Waals surface area contributed by atoms with Gasteiger partial charge in [-0.3, -0.25) is 10.1 Å². The summed E-state index contributed by atoms with van der Waals surface area (Å²) in [5.74, 6) is -3.40. The van der Waals surface area contributed by atoms with E-state index in [1.54, 1.807) is 0 Å². The van der Waals surface area contributed by atoms with Gasteiger partial charge >= 0.3 is 11.9 Å². The predicted molar refractivity (Wildman–Crippen MR) is 93.0 cm³/mol. The van der Waals surface area contributed by atoms with Gasteiger partial charge in [-0.15, -0.1) is 0 Å². The maximum Gasteiger partial charge on any atom is 0.336 e. The molecule has 1 atom stereocenters. The molecule has 2 rings (SSSR count). The maximum absolute atomic E-state index is 12.9. The van der Waals surface area contributed by atoms with Gasteiger partial charge < -0.3 is 14.8 Å². The Kier molecular flexibility index (Phi) is 3.94. The summed E-state index contributed by atoms with van der Waals surface area (Å²) in [6, 6.07) is 5.18. The van der Waals surface area contributed by atoms with E-state index in [9.17, 15) is 19.7 Å². The number of nitro benzene ring substituents is 1. The molecule has 0 bridgehead atoms. The minimum atomic E-state index is -3.31. The van der Waals surface area contributed by atoms with Gasteiger partial charge in [0.1, 0.15) is 0 Å². The Balaban J connectivity index is 2.68. The number of ether oxygens (including phenoxy) is 2. The number of benzene rings is 1. The minimum Gasteiger partial charge on any atom is -0.466 e. The quantitative estimate of drug-likeness (QED) is 0.485. The molecule has 0 aliphatic carbocycles. The van der Waals surface area contributed by atoms with E-state index in [-0.39, 0.29) is 28.1 Å². The summed E-state index contributed by atoms with van der Waals surface area (Å²) in [6.45, 7) is -3.60. The van der Waals surface area contributed by atoms with Gasteiger partial charge in [0.05, 0.1) is 38.4 Å². The second kappa shape index (κ2) is 7.81. The van der Waals surface area contributed by atoms with Gasteiger partial charge in [-0.2, -0.15) is 0 Å². The molecule has 0 amide bonds. The molecule has 0 saturated heterocycles. The first-order chi connectivity index (χ1) is 14.2. The fraction of sp³-hybridized carbons (Fsp3) is 0.333. The fourth-order valence-electron chi connectivity index (χ4n) is 2.90. The van der Waals surface area contributed by atoms with Crippen LogP contribution in [0.15, 0.2) is 46.8 Å². The summed E-state index contributed by atoms with van der Waals surface area (Å²) in [7, 11) is 1.11. The lowest BCUT2D eigenvalue weighted by molar-refractivity contribution is -0.384. The number of hydrogen-bond acceptors (Lipinski definition) is 7. The van der Waals surface area contributed by atoms with Gasteiger partial charge in [0.2, 0.25) is 0 Å². The highest BCUT2D eigenvalue weighted by Crippen LogP contribution is 2.40. The van der Waals surface area contributed by atoms with E-state index in [0.29, 0.717) is 5.70 Å². The molecule has 1 N–H and O–H groups in total. The number of rotatable bonds is 5. The van der Waals surface area contributed by atoms with Crippen LogP contribution in [0.3, 0.4) is 0 Å². The van der Waals surface area contributed by atoms with Crippen LogP contribution in [-0.2, 0) is 19.1 Å². The molecule has 26 heavy (non-hydrogen) atoms. The Morgan fingerprint density at radius 3 is 2.54 bits per heavy atom. The summed E-state index contributed by atoms with van der Waals surface area (Å²) < 4.78 is 46.4. The topological polar surface area (TPSA) is 108 Å². The highest BCUT2D eigenvalue weighted by atomic mass is 16.6. The summed E-state index contributed by atoms with van der Waals surface area (Å²) >= 11 is 0. The maximum atomic E-state index is 12.9. The average molecular weight is 365 g/mol. The van der Waals surface area contributed by atoms with E-state index >= 15 is 0 Å². The number of nitrogens with zero attached hydrogens (tertiary/aromatic N) is 1. The minimum absolute atomic E-state index is 0.0602. The van der Waals surface area contributed by atoms with E-state index in [1.165, 1.54) is 32.0 Å². The van der Waals surface area contributed by atoms with Crippen LogP contribution in [0.5, 0.6) is 0 Å². The van der Waals surface area contributed by atoms with Crippen LogP contribution in [0.25, 0.3) is 0 Å². The van der Waals surface area contributed by atoms with Crippen LogP contribution in [0.2, 0.25) is 0 Å². The van der Waals surface area contributed by atoms with E-state index in [0.717, 1.165) is 13.2 Å². The number of nitro groups is 1. The molecule has 1 aromatic carbocycles. The number of non-ortho nitro benzene ring substituents is 1. The Hall–Kier alpha value is -3.16. The highest BCUT2D eigenvalue weighted by Gasteiger charge is 2.38. The molecule has 1 heterocycles. The molecule has 8 heteroatoms. The average Bonchev–Trinajstić information content (AvgIpc) is 2.65. The van der Waals surface area contributed by atoms with Crippen molar-refractivity contribution >= 4 is 17.6 Å². The first kappa shape index (κ1) is 13.1. The van der Waals surface area contributed by atoms with Gasteiger partial charge in [-0.25, -0.2) is 9.59 Å². The standard InChI is InChI=1S/C18H20N2O6/c1-5-26-18(22)15-11(3)19-10(2)14(17(21)25-4)16(15)12-7-6-8-13(9-12)20(23)24/h6-9,16,19H,5H2,1-4H3/i1D3,5D2. The van der Waals surface area contributed by atoms with Crippen molar-refractivity contribution in [2.75, 3.05) is 13.7 Å². The lowest BCUT2D eigenvalue weighted by Gasteiger charge is -2.30. The number of nitrogens with one attached hydrogen (secondary N) is 1. The zero-order chi connectivity index (χ0) is 23.7. The number of methoxy groups -OCH3 is 1. The SMILES string of the molecule is [2H]C([2H])([2H])C([2H])([2H])OC(=O)C1=C(C)NC(C)=C(C(=O)OC)C1c1cccc([N+](=O)[O-])c1. The number of hydrogen-bond donors (Lipinski definition) is 1. The zero-order valence-corrected chi connectivity index (χ0v) is 14.3. The van der Waals surface area contributed by atoms with Crippen molar-refractivity contribution in [1.29, 1.82) is 0 Å². The fourth-order valence-corrected chi connectivity index (χ4v) is 2.90. The Morgan fingerprint density at radius 2 is 1.96 bits per heavy atom. The Morgan fingerprint density at radius 1 is 1.31 bits per heavy atom. The van der Waals surface area contributed by atoms with Gasteiger partial charge in [0.25, 0.3) is 5.69 Å². The number of carbonyl (C=O) groups excluding carboxylic acids is 2. The second-order valence-electron chi connectivity index (χ2n) is 5.47. The second-order valence-corrected chi connectivity index (χ2v) is 5.47. The molecule has 1 aliphatic rings. The Labute approximate surface area is 157 Å². The number of allylic oxidation sites excluding steroid dienone is 2. The smallest absolute Gasteiger partial charge is 0.336 e. The van der Waals surface area contributed by atoms with Gasteiger partial charge in [0, 0.05) is 27.6 Å². The largest absolute Gasteiger partial charge is 0.466 e. The molecule has 0 aromatic heterocycles. The van der Waals surface area contributed by atoms with Crippen LogP contribution in [0.1, 0.15) is 39.0 Å². The van der Waals surface area contributed by atoms with E-state index in [4.69, 9.17) is 11.6 Å². The molecular formula is C18H20N2O6. The van der Waals surface area contributed by atoms with Gasteiger partial charge in [0.15, 0.2) is 0 Å². The number of esters is 2. The van der Waals surface area contributed by atoms with E-state index in [2.05, 4.69) is 10.1 Å². The molecule has 0 radical (unpaired) electrons. The zero-order valence-electron chi connectivity index (χ0n) is 19.3. The van der Waals surface area contributed by atoms with Crippen LogP contribution < -0.4 is 5.32 Å². The third kappa shape index (κ3) is 3.58. The van der Waals surface area contributed by atoms with Crippen molar-refractivity contribution < 1.29 is 30.8 Å². The predicted octanol–water partition coefficient (Wildman–Crippen LogP) is 2.57. The van der Waals surface area contributed by atoms with Gasteiger partial charge in [-0.05, 0) is 26.3 Å². The van der Waals surface area contributed by atoms with Crippen molar-refractivity contribution in [3.63, 3.8) is 0 Å². The van der Waals surface area contributed by atoms with Crippen molar-refractivity contribution in [3.05, 3.63) is 62.5 Å². The normalized spacial score (nSPS) is 20.7. The lowest BCUT2D eigenvalue weighted by Crippen LogP contribution is -2.32. The van der Waals surface area contributed by atoms with Crippen LogP contribution in [0, 0.1) is 10.1 Å². The van der Waals surface area contributed by atoms with Crippen LogP contribution in [-0.4, -0.2) is 30.5 Å². The van der Waals surface area contributed by atoms with Crippen LogP contribution >= 0.6 is 0 Å². The summed E-state index contributed by atoms with van der Waals surface area (Å²) in [5, 5.41) is 14.0. The van der Waals surface area contributed by atoms with Crippen molar-refractivity contribution in [3.8, 4) is 0 Å². The number of carbonyl (C=O) groups is 2.